The van der Waals surface area contributed by atoms with Crippen molar-refractivity contribution in [1.82, 2.24) is 15.0 Å². The Hall–Kier alpha value is -1.69. The van der Waals surface area contributed by atoms with Gasteiger partial charge in [0.25, 0.3) is 5.56 Å². The van der Waals surface area contributed by atoms with E-state index in [1.54, 1.807) is 10.9 Å². The molecule has 1 saturated carbocycles. The Kier molecular flexibility index (Phi) is 2.87. The molecule has 0 unspecified atom stereocenters. The van der Waals surface area contributed by atoms with Gasteiger partial charge in [0.1, 0.15) is 5.69 Å². The minimum absolute atomic E-state index is 0.144. The molecule has 2 aromatic rings. The Morgan fingerprint density at radius 1 is 1.39 bits per heavy atom. The fourth-order valence-electron chi connectivity index (χ4n) is 2.50. The van der Waals surface area contributed by atoms with Gasteiger partial charge >= 0.3 is 0 Å². The molecule has 2 aromatic heterocycles. The van der Waals surface area contributed by atoms with Gasteiger partial charge in [-0.25, -0.2) is 4.98 Å². The largest absolute Gasteiger partial charge is 0.493 e. The Bertz CT molecular complexity index is 600. The van der Waals surface area contributed by atoms with Crippen LogP contribution in [-0.4, -0.2) is 20.1 Å². The molecule has 94 valence electrons. The molecule has 0 aromatic carbocycles. The van der Waals surface area contributed by atoms with Gasteiger partial charge in [0.05, 0.1) is 11.1 Å². The van der Waals surface area contributed by atoms with Gasteiger partial charge in [0.2, 0.25) is 5.88 Å². The highest BCUT2D eigenvalue weighted by atomic mass is 32.1. The van der Waals surface area contributed by atoms with Crippen LogP contribution in [0.5, 0.6) is 5.88 Å². The first-order chi connectivity index (χ1) is 8.75. The zero-order valence-electron chi connectivity index (χ0n) is 9.72. The van der Waals surface area contributed by atoms with Crippen LogP contribution in [0.2, 0.25) is 0 Å². The van der Waals surface area contributed by atoms with E-state index in [0.29, 0.717) is 17.1 Å². The zero-order valence-corrected chi connectivity index (χ0v) is 10.5. The van der Waals surface area contributed by atoms with Crippen molar-refractivity contribution in [1.29, 1.82) is 0 Å². The van der Waals surface area contributed by atoms with Crippen LogP contribution in [-0.2, 0) is 0 Å². The first-order valence-electron chi connectivity index (χ1n) is 5.97. The highest BCUT2D eigenvalue weighted by Gasteiger charge is 2.24. The van der Waals surface area contributed by atoms with Gasteiger partial charge < -0.3 is 10.1 Å². The van der Waals surface area contributed by atoms with Crippen molar-refractivity contribution in [3.05, 3.63) is 26.8 Å². The molecule has 0 spiro atoms. The third-order valence-electron chi connectivity index (χ3n) is 3.37. The lowest BCUT2D eigenvalue weighted by Crippen LogP contribution is -2.17. The van der Waals surface area contributed by atoms with Crippen LogP contribution < -0.4 is 5.56 Å². The highest BCUT2D eigenvalue weighted by Crippen LogP contribution is 2.35. The summed E-state index contributed by atoms with van der Waals surface area (Å²) in [4.78, 5) is 22.9. The van der Waals surface area contributed by atoms with Crippen molar-refractivity contribution in [2.45, 2.75) is 31.6 Å². The van der Waals surface area contributed by atoms with E-state index in [9.17, 15) is 9.90 Å². The lowest BCUT2D eigenvalue weighted by atomic mass is 10.00. The van der Waals surface area contributed by atoms with E-state index >= 15 is 0 Å². The first kappa shape index (κ1) is 11.4. The fraction of sp³-hybridized carbons (Fsp3) is 0.417. The number of rotatable bonds is 2. The molecule has 0 amide bonds. The second-order valence-corrected chi connectivity index (χ2v) is 5.23. The van der Waals surface area contributed by atoms with E-state index < -0.39 is 0 Å². The summed E-state index contributed by atoms with van der Waals surface area (Å²) in [6.45, 7) is 0. The maximum Gasteiger partial charge on any atom is 0.258 e. The molecule has 0 radical (unpaired) electrons. The topological polar surface area (TPSA) is 78.9 Å². The molecule has 0 atom stereocenters. The van der Waals surface area contributed by atoms with Crippen LogP contribution in [0.25, 0.3) is 11.5 Å². The van der Waals surface area contributed by atoms with Gasteiger partial charge in [-0.2, -0.15) is 4.98 Å². The molecule has 0 saturated heterocycles. The van der Waals surface area contributed by atoms with Crippen molar-refractivity contribution in [2.75, 3.05) is 0 Å². The molecule has 0 bridgehead atoms. The predicted molar refractivity (Wildman–Crippen MR) is 68.8 cm³/mol. The minimum atomic E-state index is -0.239. The summed E-state index contributed by atoms with van der Waals surface area (Å²) < 4.78 is 0. The van der Waals surface area contributed by atoms with Gasteiger partial charge in [0, 0.05) is 5.38 Å². The summed E-state index contributed by atoms with van der Waals surface area (Å²) in [7, 11) is 0. The number of nitrogens with one attached hydrogen (secondary N) is 1. The second-order valence-electron chi connectivity index (χ2n) is 4.51. The van der Waals surface area contributed by atoms with Crippen LogP contribution in [0, 0.1) is 0 Å². The van der Waals surface area contributed by atoms with E-state index in [1.165, 1.54) is 11.3 Å². The third-order valence-corrected chi connectivity index (χ3v) is 3.96. The molecule has 3 rings (SSSR count). The zero-order chi connectivity index (χ0) is 12.5. The van der Waals surface area contributed by atoms with E-state index in [0.717, 1.165) is 25.7 Å². The minimum Gasteiger partial charge on any atom is -0.493 e. The van der Waals surface area contributed by atoms with Crippen LogP contribution >= 0.6 is 11.3 Å². The molecule has 1 aliphatic rings. The van der Waals surface area contributed by atoms with Gasteiger partial charge in [-0.15, -0.1) is 11.3 Å². The van der Waals surface area contributed by atoms with Crippen LogP contribution in [0.15, 0.2) is 15.7 Å². The number of H-pyrrole nitrogens is 1. The first-order valence-corrected chi connectivity index (χ1v) is 6.91. The highest BCUT2D eigenvalue weighted by molar-refractivity contribution is 7.07. The van der Waals surface area contributed by atoms with E-state index in [4.69, 9.17) is 0 Å². The summed E-state index contributed by atoms with van der Waals surface area (Å²) >= 11 is 1.42. The Labute approximate surface area is 108 Å². The molecule has 2 N–H and O–H groups in total. The molecule has 1 fully saturated rings. The number of nitrogens with zero attached hydrogens (tertiary/aromatic N) is 2. The third kappa shape index (κ3) is 1.92. The summed E-state index contributed by atoms with van der Waals surface area (Å²) in [6.07, 6.45) is 4.12. The molecule has 1 aliphatic carbocycles. The average molecular weight is 263 g/mol. The summed E-state index contributed by atoms with van der Waals surface area (Å²) in [5.74, 6) is 0.333. The lowest BCUT2D eigenvalue weighted by Gasteiger charge is -2.10. The van der Waals surface area contributed by atoms with E-state index in [-0.39, 0.29) is 17.4 Å². The maximum absolute atomic E-state index is 12.1. The number of hydrogen-bond acceptors (Lipinski definition) is 5. The Morgan fingerprint density at radius 2 is 2.17 bits per heavy atom. The molecular weight excluding hydrogens is 250 g/mol. The molecule has 2 heterocycles. The van der Waals surface area contributed by atoms with Crippen molar-refractivity contribution >= 4 is 11.3 Å². The smallest absolute Gasteiger partial charge is 0.258 e. The Morgan fingerprint density at radius 3 is 2.78 bits per heavy atom. The van der Waals surface area contributed by atoms with Gasteiger partial charge in [0.15, 0.2) is 5.82 Å². The van der Waals surface area contributed by atoms with Crippen molar-refractivity contribution < 1.29 is 5.11 Å². The van der Waals surface area contributed by atoms with Crippen LogP contribution in [0.1, 0.15) is 37.2 Å². The van der Waals surface area contributed by atoms with Crippen LogP contribution in [0.4, 0.5) is 0 Å². The summed E-state index contributed by atoms with van der Waals surface area (Å²) in [6, 6.07) is 0. The van der Waals surface area contributed by atoms with Gasteiger partial charge in [-0.3, -0.25) is 4.79 Å². The molecule has 6 heteroatoms. The molecular formula is C12H13N3O2S. The van der Waals surface area contributed by atoms with Crippen molar-refractivity contribution in [3.63, 3.8) is 0 Å². The standard InChI is InChI=1S/C12H13N3O2S/c16-11-9(7-3-1-2-4-7)12(17)15-10(14-11)8-5-18-6-13-8/h5-7H,1-4H2,(H2,14,15,16,17). The fourth-order valence-corrected chi connectivity index (χ4v) is 3.04. The summed E-state index contributed by atoms with van der Waals surface area (Å²) in [5.41, 5.74) is 2.45. The SMILES string of the molecule is O=c1[nH]c(-c2cscn2)nc(O)c1C1CCCC1. The predicted octanol–water partition coefficient (Wildman–Crippen LogP) is 2.26. The molecule has 0 aliphatic heterocycles. The number of aromatic amines is 1. The molecule has 18 heavy (non-hydrogen) atoms. The monoisotopic (exact) mass is 263 g/mol. The Balaban J connectivity index is 2.06. The lowest BCUT2D eigenvalue weighted by molar-refractivity contribution is 0.436. The van der Waals surface area contributed by atoms with E-state index in [2.05, 4.69) is 15.0 Å². The van der Waals surface area contributed by atoms with Gasteiger partial charge in [-0.1, -0.05) is 12.8 Å². The number of aromatic hydroxyl groups is 1. The average Bonchev–Trinajstić information content (AvgIpc) is 3.01. The number of thiazole rings is 1. The maximum atomic E-state index is 12.1. The normalized spacial score (nSPS) is 16.2. The van der Waals surface area contributed by atoms with E-state index in [1.807, 2.05) is 0 Å². The van der Waals surface area contributed by atoms with Crippen LogP contribution in [0.3, 0.4) is 0 Å². The molecule has 5 nitrogen and oxygen atoms in total. The number of hydrogen-bond donors (Lipinski definition) is 2. The van der Waals surface area contributed by atoms with Crippen molar-refractivity contribution in [3.8, 4) is 17.4 Å². The van der Waals surface area contributed by atoms with Crippen molar-refractivity contribution in [2.24, 2.45) is 0 Å². The summed E-state index contributed by atoms with van der Waals surface area (Å²) in [5, 5.41) is 11.8. The van der Waals surface area contributed by atoms with Gasteiger partial charge in [-0.05, 0) is 18.8 Å². The quantitative estimate of drug-likeness (QED) is 0.871. The second kappa shape index (κ2) is 4.53. The number of aromatic nitrogens is 3.